The lowest BCUT2D eigenvalue weighted by Crippen LogP contribution is -2.41. The van der Waals surface area contributed by atoms with E-state index in [-0.39, 0.29) is 11.3 Å². The van der Waals surface area contributed by atoms with E-state index >= 15 is 0 Å². The monoisotopic (exact) mass is 327 g/mol. The Balaban J connectivity index is 1.69. The molecule has 1 unspecified atom stereocenters. The van der Waals surface area contributed by atoms with Crippen LogP contribution in [0.25, 0.3) is 0 Å². The van der Waals surface area contributed by atoms with E-state index in [4.69, 9.17) is 0 Å². The first-order valence-corrected chi connectivity index (χ1v) is 9.51. The molecule has 2 rings (SSSR count). The molecule has 21 heavy (non-hydrogen) atoms. The van der Waals surface area contributed by atoms with Crippen molar-refractivity contribution in [2.75, 3.05) is 24.6 Å². The minimum Gasteiger partial charge on any atom is -0.356 e. The molecule has 2 heterocycles. The summed E-state index contributed by atoms with van der Waals surface area (Å²) < 4.78 is 0. The molecule has 0 bridgehead atoms. The van der Waals surface area contributed by atoms with E-state index in [0.29, 0.717) is 19.0 Å². The van der Waals surface area contributed by atoms with E-state index < -0.39 is 0 Å². The zero-order chi connectivity index (χ0) is 15.3. The summed E-state index contributed by atoms with van der Waals surface area (Å²) in [6, 6.07) is 0.330. The molecule has 1 saturated heterocycles. The van der Waals surface area contributed by atoms with Crippen LogP contribution in [0.1, 0.15) is 37.9 Å². The highest BCUT2D eigenvalue weighted by molar-refractivity contribution is 7.99. The van der Waals surface area contributed by atoms with Crippen LogP contribution in [0.4, 0.5) is 0 Å². The number of hydrogen-bond acceptors (Lipinski definition) is 5. The van der Waals surface area contributed by atoms with Gasteiger partial charge in [0.25, 0.3) is 0 Å². The Morgan fingerprint density at radius 1 is 1.52 bits per heavy atom. The summed E-state index contributed by atoms with van der Waals surface area (Å²) in [6.07, 6.45) is 1.40. The van der Waals surface area contributed by atoms with Gasteiger partial charge in [0.05, 0.1) is 10.7 Å². The summed E-state index contributed by atoms with van der Waals surface area (Å²) in [5, 5.41) is 9.62. The van der Waals surface area contributed by atoms with E-state index in [9.17, 15) is 4.79 Å². The molecule has 0 radical (unpaired) electrons. The summed E-state index contributed by atoms with van der Waals surface area (Å²) in [7, 11) is 0. The van der Waals surface area contributed by atoms with Crippen molar-refractivity contribution in [2.24, 2.45) is 0 Å². The van der Waals surface area contributed by atoms with E-state index in [2.05, 4.69) is 41.8 Å². The van der Waals surface area contributed by atoms with Gasteiger partial charge in [0.1, 0.15) is 0 Å². The molecule has 6 heteroatoms. The molecule has 1 aromatic heterocycles. The Morgan fingerprint density at radius 3 is 2.95 bits per heavy atom. The molecule has 118 valence electrons. The van der Waals surface area contributed by atoms with Crippen molar-refractivity contribution in [3.8, 4) is 0 Å². The van der Waals surface area contributed by atoms with Crippen LogP contribution in [-0.4, -0.2) is 41.5 Å². The summed E-state index contributed by atoms with van der Waals surface area (Å²) >= 11 is 3.61. The van der Waals surface area contributed by atoms with Gasteiger partial charge in [0, 0.05) is 54.3 Å². The number of thioether (sulfide) groups is 1. The fraction of sp³-hybridized carbons (Fsp3) is 0.733. The van der Waals surface area contributed by atoms with Gasteiger partial charge in [0.15, 0.2) is 0 Å². The molecule has 0 saturated carbocycles. The molecule has 0 spiro atoms. The third-order valence-corrected chi connectivity index (χ3v) is 5.45. The lowest BCUT2D eigenvalue weighted by molar-refractivity contribution is -0.121. The van der Waals surface area contributed by atoms with Crippen molar-refractivity contribution in [3.63, 3.8) is 0 Å². The fourth-order valence-electron chi connectivity index (χ4n) is 2.13. The minimum absolute atomic E-state index is 0.0995. The summed E-state index contributed by atoms with van der Waals surface area (Å²) in [6.45, 7) is 8.20. The number of aromatic nitrogens is 1. The van der Waals surface area contributed by atoms with Gasteiger partial charge in [-0.1, -0.05) is 20.8 Å². The first-order chi connectivity index (χ1) is 9.95. The third-order valence-electron chi connectivity index (χ3n) is 3.41. The predicted octanol–water partition coefficient (Wildman–Crippen LogP) is 2.19. The zero-order valence-corrected chi connectivity index (χ0v) is 14.7. The molecular formula is C15H25N3OS2. The van der Waals surface area contributed by atoms with Crippen LogP contribution in [0.2, 0.25) is 0 Å². The first kappa shape index (κ1) is 16.8. The molecule has 4 nitrogen and oxygen atoms in total. The van der Waals surface area contributed by atoms with Gasteiger partial charge in [-0.25, -0.2) is 4.98 Å². The van der Waals surface area contributed by atoms with Gasteiger partial charge >= 0.3 is 0 Å². The van der Waals surface area contributed by atoms with Gasteiger partial charge in [-0.05, 0) is 0 Å². The highest BCUT2D eigenvalue weighted by Gasteiger charge is 2.18. The van der Waals surface area contributed by atoms with E-state index in [0.717, 1.165) is 35.2 Å². The normalized spacial score (nSPS) is 19.5. The lowest BCUT2D eigenvalue weighted by atomic mass is 9.93. The number of amides is 1. The first-order valence-electron chi connectivity index (χ1n) is 7.48. The van der Waals surface area contributed by atoms with Gasteiger partial charge in [-0.15, -0.1) is 11.3 Å². The van der Waals surface area contributed by atoms with Crippen molar-refractivity contribution in [1.29, 1.82) is 0 Å². The molecule has 2 N–H and O–H groups in total. The second kappa shape index (κ2) is 7.61. The highest BCUT2D eigenvalue weighted by atomic mass is 32.2. The van der Waals surface area contributed by atoms with Crippen LogP contribution >= 0.6 is 23.1 Å². The third kappa shape index (κ3) is 5.60. The molecule has 1 aliphatic rings. The molecule has 1 amide bonds. The minimum atomic E-state index is 0.0995. The highest BCUT2D eigenvalue weighted by Crippen LogP contribution is 2.23. The Morgan fingerprint density at radius 2 is 2.33 bits per heavy atom. The maximum Gasteiger partial charge on any atom is 0.221 e. The van der Waals surface area contributed by atoms with Crippen LogP contribution in [0.5, 0.6) is 0 Å². The SMILES string of the molecule is CC(C)(C)c1csc(CCNC(=O)CC2CSCCN2)n1. The Hall–Kier alpha value is -0.590. The Labute approximate surface area is 135 Å². The predicted molar refractivity (Wildman–Crippen MR) is 91.3 cm³/mol. The molecule has 0 aliphatic carbocycles. The number of rotatable bonds is 5. The zero-order valence-electron chi connectivity index (χ0n) is 13.1. The number of nitrogens with zero attached hydrogens (tertiary/aromatic N) is 1. The second-order valence-electron chi connectivity index (χ2n) is 6.41. The van der Waals surface area contributed by atoms with Crippen LogP contribution < -0.4 is 10.6 Å². The van der Waals surface area contributed by atoms with E-state index in [1.165, 1.54) is 0 Å². The van der Waals surface area contributed by atoms with Crippen molar-refractivity contribution in [3.05, 3.63) is 16.1 Å². The molecule has 0 aromatic carbocycles. The van der Waals surface area contributed by atoms with Crippen LogP contribution in [0, 0.1) is 0 Å². The topological polar surface area (TPSA) is 54.0 Å². The van der Waals surface area contributed by atoms with Gasteiger partial charge in [-0.3, -0.25) is 4.79 Å². The van der Waals surface area contributed by atoms with Crippen LogP contribution in [0.15, 0.2) is 5.38 Å². The molecule has 1 aliphatic heterocycles. The quantitative estimate of drug-likeness (QED) is 0.870. The summed E-state index contributed by atoms with van der Waals surface area (Å²) in [5.74, 6) is 2.33. The average Bonchev–Trinajstić information content (AvgIpc) is 2.88. The second-order valence-corrected chi connectivity index (χ2v) is 8.50. The largest absolute Gasteiger partial charge is 0.356 e. The van der Waals surface area contributed by atoms with Crippen molar-refractivity contribution in [1.82, 2.24) is 15.6 Å². The number of hydrogen-bond donors (Lipinski definition) is 2. The summed E-state index contributed by atoms with van der Waals surface area (Å²) in [4.78, 5) is 16.5. The van der Waals surface area contributed by atoms with Crippen molar-refractivity contribution >= 4 is 29.0 Å². The molecule has 1 aromatic rings. The smallest absolute Gasteiger partial charge is 0.221 e. The van der Waals surface area contributed by atoms with E-state index in [1.54, 1.807) is 11.3 Å². The van der Waals surface area contributed by atoms with Gasteiger partial charge < -0.3 is 10.6 Å². The maximum atomic E-state index is 11.9. The molecule has 1 atom stereocenters. The van der Waals surface area contributed by atoms with Crippen LogP contribution in [0.3, 0.4) is 0 Å². The number of nitrogens with one attached hydrogen (secondary N) is 2. The molecular weight excluding hydrogens is 302 g/mol. The van der Waals surface area contributed by atoms with E-state index in [1.807, 2.05) is 11.8 Å². The van der Waals surface area contributed by atoms with Crippen molar-refractivity contribution in [2.45, 2.75) is 45.1 Å². The standard InChI is InChI=1S/C15H25N3OS2/c1-15(2,3)12-10-21-14(18-12)4-5-17-13(19)8-11-9-20-7-6-16-11/h10-11,16H,4-9H2,1-3H3,(H,17,19). The number of thiazole rings is 1. The van der Waals surface area contributed by atoms with Gasteiger partial charge in [0.2, 0.25) is 5.91 Å². The maximum absolute atomic E-state index is 11.9. The average molecular weight is 328 g/mol. The fourth-order valence-corrected chi connectivity index (χ4v) is 4.10. The van der Waals surface area contributed by atoms with Crippen molar-refractivity contribution < 1.29 is 4.79 Å². The summed E-state index contributed by atoms with van der Waals surface area (Å²) in [5.41, 5.74) is 1.24. The Bertz CT molecular complexity index is 462. The number of carbonyl (C=O) groups is 1. The Kier molecular flexibility index (Phi) is 6.08. The molecule has 1 fully saturated rings. The number of carbonyl (C=O) groups excluding carboxylic acids is 1. The lowest BCUT2D eigenvalue weighted by Gasteiger charge is -2.22. The van der Waals surface area contributed by atoms with Gasteiger partial charge in [-0.2, -0.15) is 11.8 Å². The van der Waals surface area contributed by atoms with Crippen LogP contribution in [-0.2, 0) is 16.6 Å².